The van der Waals surface area contributed by atoms with Crippen LogP contribution in [0.4, 0.5) is 0 Å². The van der Waals surface area contributed by atoms with E-state index in [4.69, 9.17) is 5.73 Å². The fourth-order valence-electron chi connectivity index (χ4n) is 2.46. The molecule has 0 aromatic heterocycles. The predicted octanol–water partition coefficient (Wildman–Crippen LogP) is 1.29. The molecule has 3 nitrogen and oxygen atoms in total. The number of hydrogen-bond donors (Lipinski definition) is 2. The zero-order valence-electron chi connectivity index (χ0n) is 10.8. The minimum atomic E-state index is 0.141. The molecule has 2 atom stereocenters. The molecule has 3 N–H and O–H groups in total. The summed E-state index contributed by atoms with van der Waals surface area (Å²) in [7, 11) is 2.19. The number of nitrogens with two attached hydrogens (primary N) is 1. The third kappa shape index (κ3) is 3.28. The largest absolute Gasteiger partial charge is 0.324 e. The molecule has 0 amide bonds. The highest BCUT2D eigenvalue weighted by atomic mass is 15.2. The maximum atomic E-state index is 6.30. The van der Waals surface area contributed by atoms with Gasteiger partial charge in [0.25, 0.3) is 0 Å². The molecule has 0 radical (unpaired) electrons. The molecule has 1 saturated heterocycles. The predicted molar refractivity (Wildman–Crippen MR) is 72.0 cm³/mol. The second-order valence-electron chi connectivity index (χ2n) is 5.09. The van der Waals surface area contributed by atoms with Gasteiger partial charge in [0.2, 0.25) is 0 Å². The summed E-state index contributed by atoms with van der Waals surface area (Å²) in [6.07, 6.45) is 1.02. The minimum absolute atomic E-state index is 0.141. The number of likely N-dealkylation sites (N-methyl/N-ethyl adjacent to an activating group) is 1. The van der Waals surface area contributed by atoms with Crippen LogP contribution in [0.2, 0.25) is 0 Å². The SMILES string of the molecule is Cc1cccc(C(N)CC2CNCCN2C)c1. The maximum Gasteiger partial charge on any atom is 0.0310 e. The first-order valence-corrected chi connectivity index (χ1v) is 6.40. The van der Waals surface area contributed by atoms with E-state index in [9.17, 15) is 0 Å². The quantitative estimate of drug-likeness (QED) is 0.826. The van der Waals surface area contributed by atoms with Crippen molar-refractivity contribution in [1.82, 2.24) is 10.2 Å². The lowest BCUT2D eigenvalue weighted by Crippen LogP contribution is -2.50. The Morgan fingerprint density at radius 2 is 2.35 bits per heavy atom. The first-order chi connectivity index (χ1) is 8.16. The van der Waals surface area contributed by atoms with Crippen molar-refractivity contribution in [3.63, 3.8) is 0 Å². The third-order valence-corrected chi connectivity index (χ3v) is 3.64. The topological polar surface area (TPSA) is 41.3 Å². The molecule has 1 aromatic rings. The van der Waals surface area contributed by atoms with E-state index >= 15 is 0 Å². The van der Waals surface area contributed by atoms with Gasteiger partial charge in [-0.3, -0.25) is 0 Å². The molecule has 3 heteroatoms. The fourth-order valence-corrected chi connectivity index (χ4v) is 2.46. The van der Waals surface area contributed by atoms with Crippen LogP contribution in [0, 0.1) is 6.92 Å². The Bertz CT molecular complexity index is 364. The summed E-state index contributed by atoms with van der Waals surface area (Å²) in [4.78, 5) is 2.41. The molecule has 0 bridgehead atoms. The highest BCUT2D eigenvalue weighted by molar-refractivity contribution is 5.25. The molecule has 17 heavy (non-hydrogen) atoms. The van der Waals surface area contributed by atoms with Crippen LogP contribution < -0.4 is 11.1 Å². The van der Waals surface area contributed by atoms with Gasteiger partial charge in [-0.1, -0.05) is 29.8 Å². The molecular formula is C14H23N3. The van der Waals surface area contributed by atoms with E-state index in [0.717, 1.165) is 26.1 Å². The van der Waals surface area contributed by atoms with E-state index in [-0.39, 0.29) is 6.04 Å². The van der Waals surface area contributed by atoms with Crippen molar-refractivity contribution >= 4 is 0 Å². The normalized spacial score (nSPS) is 23.6. The van der Waals surface area contributed by atoms with E-state index in [1.165, 1.54) is 11.1 Å². The second-order valence-corrected chi connectivity index (χ2v) is 5.09. The Kier molecular flexibility index (Phi) is 4.15. The Morgan fingerprint density at radius 1 is 1.53 bits per heavy atom. The summed E-state index contributed by atoms with van der Waals surface area (Å²) in [5.74, 6) is 0. The molecular weight excluding hydrogens is 210 g/mol. The standard InChI is InChI=1S/C14H23N3/c1-11-4-3-5-12(8-11)14(15)9-13-10-16-6-7-17(13)2/h3-5,8,13-14,16H,6-7,9-10,15H2,1-2H3. The molecule has 1 aromatic carbocycles. The van der Waals surface area contributed by atoms with E-state index in [0.29, 0.717) is 6.04 Å². The molecule has 0 aliphatic carbocycles. The summed E-state index contributed by atoms with van der Waals surface area (Å²) >= 11 is 0. The molecule has 2 rings (SSSR count). The van der Waals surface area contributed by atoms with Crippen molar-refractivity contribution in [2.24, 2.45) is 5.73 Å². The third-order valence-electron chi connectivity index (χ3n) is 3.64. The van der Waals surface area contributed by atoms with Crippen molar-refractivity contribution in [2.75, 3.05) is 26.7 Å². The zero-order chi connectivity index (χ0) is 12.3. The van der Waals surface area contributed by atoms with Gasteiger partial charge < -0.3 is 16.0 Å². The summed E-state index contributed by atoms with van der Waals surface area (Å²) in [5, 5.41) is 3.44. The number of benzene rings is 1. The van der Waals surface area contributed by atoms with Gasteiger partial charge in [0.15, 0.2) is 0 Å². The van der Waals surface area contributed by atoms with Gasteiger partial charge in [-0.15, -0.1) is 0 Å². The van der Waals surface area contributed by atoms with Gasteiger partial charge in [-0.2, -0.15) is 0 Å². The number of piperazine rings is 1. The summed E-state index contributed by atoms with van der Waals surface area (Å²) < 4.78 is 0. The Balaban J connectivity index is 1.98. The van der Waals surface area contributed by atoms with Crippen molar-refractivity contribution in [2.45, 2.75) is 25.4 Å². The monoisotopic (exact) mass is 233 g/mol. The van der Waals surface area contributed by atoms with Gasteiger partial charge in [-0.25, -0.2) is 0 Å². The highest BCUT2D eigenvalue weighted by Gasteiger charge is 2.21. The van der Waals surface area contributed by atoms with Crippen LogP contribution >= 0.6 is 0 Å². The first-order valence-electron chi connectivity index (χ1n) is 6.40. The van der Waals surface area contributed by atoms with Crippen LogP contribution in [-0.2, 0) is 0 Å². The Hall–Kier alpha value is -0.900. The number of nitrogens with one attached hydrogen (secondary N) is 1. The van der Waals surface area contributed by atoms with Crippen molar-refractivity contribution in [1.29, 1.82) is 0 Å². The summed E-state index contributed by atoms with van der Waals surface area (Å²) in [6.45, 7) is 5.37. The Labute approximate surface area is 104 Å². The lowest BCUT2D eigenvalue weighted by molar-refractivity contribution is 0.182. The molecule has 1 aliphatic heterocycles. The lowest BCUT2D eigenvalue weighted by atomic mass is 9.97. The van der Waals surface area contributed by atoms with Crippen LogP contribution in [-0.4, -0.2) is 37.6 Å². The van der Waals surface area contributed by atoms with Crippen LogP contribution in [0.15, 0.2) is 24.3 Å². The molecule has 1 aliphatic rings. The van der Waals surface area contributed by atoms with Gasteiger partial charge in [-0.05, 0) is 26.0 Å². The number of rotatable bonds is 3. The molecule has 1 fully saturated rings. The zero-order valence-corrected chi connectivity index (χ0v) is 10.8. The maximum absolute atomic E-state index is 6.30. The van der Waals surface area contributed by atoms with Crippen LogP contribution in [0.25, 0.3) is 0 Å². The number of nitrogens with zero attached hydrogens (tertiary/aromatic N) is 1. The molecule has 2 unspecified atom stereocenters. The lowest BCUT2D eigenvalue weighted by Gasteiger charge is -2.34. The van der Waals surface area contributed by atoms with Crippen LogP contribution in [0.1, 0.15) is 23.6 Å². The average Bonchev–Trinajstić information content (AvgIpc) is 2.32. The Morgan fingerprint density at radius 3 is 3.06 bits per heavy atom. The summed E-state index contributed by atoms with van der Waals surface area (Å²) in [5.41, 5.74) is 8.84. The van der Waals surface area contributed by atoms with Gasteiger partial charge in [0.05, 0.1) is 0 Å². The van der Waals surface area contributed by atoms with Crippen LogP contribution in [0.3, 0.4) is 0 Å². The molecule has 1 heterocycles. The molecule has 0 spiro atoms. The molecule has 94 valence electrons. The van der Waals surface area contributed by atoms with E-state index < -0.39 is 0 Å². The van der Waals surface area contributed by atoms with Crippen molar-refractivity contribution in [3.8, 4) is 0 Å². The van der Waals surface area contributed by atoms with Gasteiger partial charge >= 0.3 is 0 Å². The summed E-state index contributed by atoms with van der Waals surface area (Å²) in [6, 6.07) is 9.23. The molecule has 0 saturated carbocycles. The first kappa shape index (κ1) is 12.6. The number of aryl methyl sites for hydroxylation is 1. The highest BCUT2D eigenvalue weighted by Crippen LogP contribution is 2.19. The van der Waals surface area contributed by atoms with Gasteiger partial charge in [0, 0.05) is 31.7 Å². The number of hydrogen-bond acceptors (Lipinski definition) is 3. The second kappa shape index (κ2) is 5.63. The van der Waals surface area contributed by atoms with E-state index in [2.05, 4.69) is 48.5 Å². The van der Waals surface area contributed by atoms with Gasteiger partial charge in [0.1, 0.15) is 0 Å². The van der Waals surface area contributed by atoms with E-state index in [1.807, 2.05) is 0 Å². The van der Waals surface area contributed by atoms with E-state index in [1.54, 1.807) is 0 Å². The smallest absolute Gasteiger partial charge is 0.0310 e. The average molecular weight is 233 g/mol. The van der Waals surface area contributed by atoms with Crippen molar-refractivity contribution < 1.29 is 0 Å². The van der Waals surface area contributed by atoms with Crippen LogP contribution in [0.5, 0.6) is 0 Å². The fraction of sp³-hybridized carbons (Fsp3) is 0.571. The minimum Gasteiger partial charge on any atom is -0.324 e. The van der Waals surface area contributed by atoms with Crippen molar-refractivity contribution in [3.05, 3.63) is 35.4 Å².